The van der Waals surface area contributed by atoms with Crippen molar-refractivity contribution >= 4 is 17.9 Å². The largest absolute Gasteiger partial charge is 0.463 e. The van der Waals surface area contributed by atoms with Gasteiger partial charge < -0.3 is 49.6 Å². The van der Waals surface area contributed by atoms with Crippen molar-refractivity contribution in [3.63, 3.8) is 0 Å². The molecule has 0 amide bonds. The number of unbranched alkanes of at least 4 members (excludes halogenated alkanes) is 25. The number of aliphatic hydroxyl groups excluding tert-OH is 6. The maximum atomic E-state index is 11.5. The van der Waals surface area contributed by atoms with Crippen LogP contribution in [-0.2, 0) is 33.3 Å². The third-order valence-corrected chi connectivity index (χ3v) is 13.1. The third-order valence-electron chi connectivity index (χ3n) is 13.1. The standard InChI is InChI=1S/C20H38O5.2C20H38O4/c1-2-17(22)16-24-20(23)14-10-5-3-4-8-12-18-19(25-18)13-9-6-7-11-15-21;2*1-2-19(22)18-24-20(23)16-14-12-10-8-6-4-3-5-7-9-11-13-15-17-21/h17-19,21-22H,2-16H2,1H3;2*3,5,19,21-22H,2,4,6-18H2,1H3/b;5-3+;5-3-. The van der Waals surface area contributed by atoms with Crippen LogP contribution in [0.3, 0.4) is 0 Å². The molecule has 5 atom stereocenters. The highest BCUT2D eigenvalue weighted by Gasteiger charge is 2.36. The molecule has 1 fully saturated rings. The summed E-state index contributed by atoms with van der Waals surface area (Å²) in [6.45, 7) is 6.93. The quantitative estimate of drug-likeness (QED) is 0.0110. The summed E-state index contributed by atoms with van der Waals surface area (Å²) in [4.78, 5) is 34.3. The summed E-state index contributed by atoms with van der Waals surface area (Å²) >= 11 is 0. The summed E-state index contributed by atoms with van der Waals surface area (Å²) in [5.74, 6) is -0.574. The Balaban J connectivity index is 0. The number of epoxide rings is 1. The van der Waals surface area contributed by atoms with Crippen LogP contribution in [0, 0.1) is 0 Å². The van der Waals surface area contributed by atoms with Gasteiger partial charge in [0.2, 0.25) is 0 Å². The molecule has 0 saturated carbocycles. The summed E-state index contributed by atoms with van der Waals surface area (Å²) in [7, 11) is 0. The minimum atomic E-state index is -0.530. The van der Waals surface area contributed by atoms with Crippen molar-refractivity contribution in [3.8, 4) is 0 Å². The Morgan fingerprint density at radius 2 is 0.603 bits per heavy atom. The van der Waals surface area contributed by atoms with Gasteiger partial charge in [-0.2, -0.15) is 0 Å². The number of hydrogen-bond acceptors (Lipinski definition) is 13. The summed E-state index contributed by atoms with van der Waals surface area (Å²) in [5, 5.41) is 54.0. The van der Waals surface area contributed by atoms with E-state index in [9.17, 15) is 29.7 Å². The van der Waals surface area contributed by atoms with E-state index in [0.29, 0.717) is 70.6 Å². The first-order chi connectivity index (χ1) is 35.6. The van der Waals surface area contributed by atoms with Gasteiger partial charge in [0.05, 0.1) is 30.5 Å². The molecule has 0 aromatic rings. The number of hydrogen-bond donors (Lipinski definition) is 6. The molecule has 1 aliphatic rings. The van der Waals surface area contributed by atoms with Crippen molar-refractivity contribution in [1.29, 1.82) is 0 Å². The molecule has 432 valence electrons. The molecule has 0 radical (unpaired) electrons. The van der Waals surface area contributed by atoms with Crippen LogP contribution in [0.15, 0.2) is 24.3 Å². The Morgan fingerprint density at radius 3 is 0.863 bits per heavy atom. The van der Waals surface area contributed by atoms with E-state index in [1.54, 1.807) is 0 Å². The zero-order valence-corrected chi connectivity index (χ0v) is 47.1. The van der Waals surface area contributed by atoms with Gasteiger partial charge in [0, 0.05) is 39.1 Å². The molecule has 0 bridgehead atoms. The molecule has 13 nitrogen and oxygen atoms in total. The third kappa shape index (κ3) is 58.7. The van der Waals surface area contributed by atoms with E-state index in [4.69, 9.17) is 34.3 Å². The van der Waals surface area contributed by atoms with Crippen LogP contribution in [0.4, 0.5) is 0 Å². The molecule has 1 heterocycles. The second-order valence-corrected chi connectivity index (χ2v) is 20.1. The number of rotatable bonds is 51. The van der Waals surface area contributed by atoms with Gasteiger partial charge in [-0.05, 0) is 122 Å². The van der Waals surface area contributed by atoms with Gasteiger partial charge in [-0.15, -0.1) is 0 Å². The van der Waals surface area contributed by atoms with E-state index in [1.165, 1.54) is 96.3 Å². The van der Waals surface area contributed by atoms with Crippen molar-refractivity contribution in [1.82, 2.24) is 0 Å². The summed E-state index contributed by atoms with van der Waals surface area (Å²) in [6, 6.07) is 0. The second kappa shape index (κ2) is 58.9. The minimum absolute atomic E-state index is 0.124. The van der Waals surface area contributed by atoms with Crippen molar-refractivity contribution in [2.45, 2.75) is 302 Å². The van der Waals surface area contributed by atoms with Crippen LogP contribution in [-0.4, -0.2) is 119 Å². The second-order valence-electron chi connectivity index (χ2n) is 20.1. The van der Waals surface area contributed by atoms with E-state index in [-0.39, 0.29) is 37.7 Å². The fourth-order valence-electron chi connectivity index (χ4n) is 7.83. The predicted octanol–water partition coefficient (Wildman–Crippen LogP) is 12.8. The van der Waals surface area contributed by atoms with Crippen LogP contribution in [0.2, 0.25) is 0 Å². The minimum Gasteiger partial charge on any atom is -0.463 e. The van der Waals surface area contributed by atoms with E-state index < -0.39 is 18.3 Å². The van der Waals surface area contributed by atoms with Gasteiger partial charge in [0.1, 0.15) is 19.8 Å². The molecular formula is C60H114O13. The topological polar surface area (TPSA) is 213 Å². The van der Waals surface area contributed by atoms with Gasteiger partial charge in [-0.1, -0.05) is 154 Å². The Bertz CT molecular complexity index is 1170. The van der Waals surface area contributed by atoms with E-state index in [0.717, 1.165) is 116 Å². The molecule has 13 heteroatoms. The fourth-order valence-corrected chi connectivity index (χ4v) is 7.83. The fraction of sp³-hybridized carbons (Fsp3) is 0.883. The Labute approximate surface area is 446 Å². The molecule has 73 heavy (non-hydrogen) atoms. The lowest BCUT2D eigenvalue weighted by Crippen LogP contribution is -2.17. The Morgan fingerprint density at radius 1 is 0.370 bits per heavy atom. The zero-order valence-electron chi connectivity index (χ0n) is 47.1. The smallest absolute Gasteiger partial charge is 0.305 e. The molecule has 0 spiro atoms. The van der Waals surface area contributed by atoms with Gasteiger partial charge >= 0.3 is 17.9 Å². The summed E-state index contributed by atoms with van der Waals surface area (Å²) in [6.07, 6.45) is 48.7. The maximum Gasteiger partial charge on any atom is 0.305 e. The van der Waals surface area contributed by atoms with E-state index in [2.05, 4.69) is 24.3 Å². The first-order valence-corrected chi connectivity index (χ1v) is 29.9. The molecule has 5 unspecified atom stereocenters. The van der Waals surface area contributed by atoms with Crippen LogP contribution in [0.25, 0.3) is 0 Å². The van der Waals surface area contributed by atoms with Crippen molar-refractivity contribution in [2.24, 2.45) is 0 Å². The molecule has 0 aromatic carbocycles. The van der Waals surface area contributed by atoms with E-state index >= 15 is 0 Å². The number of carbonyl (C=O) groups is 3. The monoisotopic (exact) mass is 1040 g/mol. The lowest BCUT2D eigenvalue weighted by molar-refractivity contribution is -0.147. The molecule has 1 aliphatic heterocycles. The highest BCUT2D eigenvalue weighted by Crippen LogP contribution is 2.32. The van der Waals surface area contributed by atoms with Crippen molar-refractivity contribution < 1.29 is 64.0 Å². The molecule has 6 N–H and O–H groups in total. The van der Waals surface area contributed by atoms with Crippen LogP contribution >= 0.6 is 0 Å². The van der Waals surface area contributed by atoms with Gasteiger partial charge in [-0.3, -0.25) is 14.4 Å². The Hall–Kier alpha value is -2.39. The highest BCUT2D eigenvalue weighted by atomic mass is 16.6. The molecular weight excluding hydrogens is 929 g/mol. The Kier molecular flexibility index (Phi) is 58.6. The first kappa shape index (κ1) is 72.7. The normalized spacial score (nSPS) is 15.3. The number of aliphatic hydroxyl groups is 6. The average Bonchev–Trinajstić information content (AvgIpc) is 4.16. The van der Waals surface area contributed by atoms with Crippen LogP contribution in [0.5, 0.6) is 0 Å². The highest BCUT2D eigenvalue weighted by molar-refractivity contribution is 5.69. The van der Waals surface area contributed by atoms with E-state index in [1.807, 2.05) is 20.8 Å². The van der Waals surface area contributed by atoms with Crippen molar-refractivity contribution in [2.75, 3.05) is 39.6 Å². The van der Waals surface area contributed by atoms with Crippen molar-refractivity contribution in [3.05, 3.63) is 24.3 Å². The average molecular weight is 1040 g/mol. The van der Waals surface area contributed by atoms with Crippen LogP contribution in [0.1, 0.15) is 271 Å². The number of ether oxygens (including phenoxy) is 4. The molecule has 0 aromatic heterocycles. The molecule has 1 saturated heterocycles. The zero-order chi connectivity index (χ0) is 54.1. The molecule has 0 aliphatic carbocycles. The first-order valence-electron chi connectivity index (χ1n) is 29.9. The number of allylic oxidation sites excluding steroid dienone is 4. The number of carbonyl (C=O) groups excluding carboxylic acids is 3. The maximum absolute atomic E-state index is 11.5. The number of esters is 3. The summed E-state index contributed by atoms with van der Waals surface area (Å²) < 4.78 is 20.7. The summed E-state index contributed by atoms with van der Waals surface area (Å²) in [5.41, 5.74) is 0. The van der Waals surface area contributed by atoms with Gasteiger partial charge in [0.25, 0.3) is 0 Å². The van der Waals surface area contributed by atoms with Gasteiger partial charge in [0.15, 0.2) is 0 Å². The van der Waals surface area contributed by atoms with Gasteiger partial charge in [-0.25, -0.2) is 0 Å². The lowest BCUT2D eigenvalue weighted by atomic mass is 10.0. The SMILES string of the molecule is CCC(O)COC(=O)CCCCCCC/C=C/CCCCCCO.CCC(O)COC(=O)CCCCCCC/C=C\CCCCCCO.CCC(O)COC(=O)CCCCCCCC1OC1CCCCCCO. The van der Waals surface area contributed by atoms with Crippen LogP contribution < -0.4 is 0 Å². The molecule has 1 rings (SSSR count). The lowest BCUT2D eigenvalue weighted by Gasteiger charge is -2.08. The predicted molar refractivity (Wildman–Crippen MR) is 296 cm³/mol.